The first-order chi connectivity index (χ1) is 4.82. The summed E-state index contributed by atoms with van der Waals surface area (Å²) in [6.07, 6.45) is 4.79. The van der Waals surface area contributed by atoms with Crippen LogP contribution in [0, 0.1) is 35.0 Å². The Balaban J connectivity index is 1.76. The predicted molar refractivity (Wildman–Crippen MR) is 39.4 cm³/mol. The lowest BCUT2D eigenvalue weighted by molar-refractivity contribution is -0.206. The lowest BCUT2D eigenvalue weighted by Crippen LogP contribution is -2.63. The molecule has 0 radical (unpaired) electrons. The highest BCUT2D eigenvalue weighted by molar-refractivity contribution is 5.28. The van der Waals surface area contributed by atoms with Gasteiger partial charge < -0.3 is 0 Å². The third-order valence-corrected chi connectivity index (χ3v) is 5.33. The summed E-state index contributed by atoms with van der Waals surface area (Å²) >= 11 is 0. The largest absolute Gasteiger partial charge is 0.0591 e. The molecule has 0 aromatic heterocycles. The summed E-state index contributed by atoms with van der Waals surface area (Å²) in [4.78, 5) is 0. The molecule has 0 nitrogen and oxygen atoms in total. The van der Waals surface area contributed by atoms with Crippen molar-refractivity contribution in [3.05, 3.63) is 0 Å². The minimum atomic E-state index is 0.909. The average molecular weight is 134 g/mol. The molecular weight excluding hydrogens is 120 g/mol. The third kappa shape index (κ3) is 0.245. The second-order valence-electron chi connectivity index (χ2n) is 5.32. The molecule has 4 rings (SSSR count). The quantitative estimate of drug-likeness (QED) is 0.477. The maximum absolute atomic E-state index is 2.54. The molecule has 4 saturated carbocycles. The fraction of sp³-hybridized carbons (Fsp3) is 1.00. The first-order valence-electron chi connectivity index (χ1n) is 4.82. The molecular formula is C10H14. The second kappa shape index (κ2) is 1.00. The van der Waals surface area contributed by atoms with E-state index in [-0.39, 0.29) is 0 Å². The van der Waals surface area contributed by atoms with Gasteiger partial charge in [-0.05, 0) is 54.3 Å². The Hall–Kier alpha value is 0. The minimum Gasteiger partial charge on any atom is -0.0591 e. The van der Waals surface area contributed by atoms with Crippen molar-refractivity contribution in [3.63, 3.8) is 0 Å². The van der Waals surface area contributed by atoms with Crippen molar-refractivity contribution < 1.29 is 0 Å². The van der Waals surface area contributed by atoms with Crippen molar-refractivity contribution in [2.45, 2.75) is 26.2 Å². The van der Waals surface area contributed by atoms with Crippen molar-refractivity contribution >= 4 is 0 Å². The van der Waals surface area contributed by atoms with Crippen LogP contribution in [0.3, 0.4) is 0 Å². The number of hydrogen-bond donors (Lipinski definition) is 0. The fourth-order valence-electron chi connectivity index (χ4n) is 4.61. The van der Waals surface area contributed by atoms with Crippen LogP contribution in [0.1, 0.15) is 26.2 Å². The predicted octanol–water partition coefficient (Wildman–Crippen LogP) is 2.30. The number of fused-ring (bicyclic) bond motifs is 7. The van der Waals surface area contributed by atoms with Gasteiger partial charge in [0.15, 0.2) is 0 Å². The molecule has 0 aliphatic heterocycles. The van der Waals surface area contributed by atoms with E-state index in [1.807, 2.05) is 0 Å². The molecule has 4 aliphatic carbocycles. The summed E-state index contributed by atoms with van der Waals surface area (Å²) < 4.78 is 0. The Kier molecular flexibility index (Phi) is 0.479. The van der Waals surface area contributed by atoms with Gasteiger partial charge >= 0.3 is 0 Å². The van der Waals surface area contributed by atoms with Crippen LogP contribution in [0.25, 0.3) is 0 Å². The smallest absolute Gasteiger partial charge is 0.0258 e. The first kappa shape index (κ1) is 4.79. The van der Waals surface area contributed by atoms with E-state index in [2.05, 4.69) is 6.92 Å². The van der Waals surface area contributed by atoms with Crippen molar-refractivity contribution in [2.24, 2.45) is 35.0 Å². The van der Waals surface area contributed by atoms with Gasteiger partial charge in [-0.25, -0.2) is 0 Å². The van der Waals surface area contributed by atoms with Crippen LogP contribution < -0.4 is 0 Å². The summed E-state index contributed by atoms with van der Waals surface area (Å²) in [5.74, 6) is 6.18. The van der Waals surface area contributed by atoms with Crippen molar-refractivity contribution in [2.75, 3.05) is 0 Å². The number of rotatable bonds is 0. The summed E-state index contributed by atoms with van der Waals surface area (Å²) in [5.41, 5.74) is 0.909. The molecule has 0 amide bonds. The van der Waals surface area contributed by atoms with Crippen molar-refractivity contribution in [3.8, 4) is 0 Å². The summed E-state index contributed by atoms with van der Waals surface area (Å²) in [6.45, 7) is 2.54. The van der Waals surface area contributed by atoms with Gasteiger partial charge in [-0.2, -0.15) is 0 Å². The van der Waals surface area contributed by atoms with Gasteiger partial charge in [0.25, 0.3) is 0 Å². The zero-order valence-corrected chi connectivity index (χ0v) is 6.51. The van der Waals surface area contributed by atoms with E-state index >= 15 is 0 Å². The summed E-state index contributed by atoms with van der Waals surface area (Å²) in [6, 6.07) is 0. The van der Waals surface area contributed by atoms with Gasteiger partial charge in [-0.15, -0.1) is 0 Å². The molecule has 10 heavy (non-hydrogen) atoms. The SMILES string of the molecule is CC12CC1C1C3CCC3C12. The zero-order valence-electron chi connectivity index (χ0n) is 6.51. The van der Waals surface area contributed by atoms with Crippen LogP contribution in [0.4, 0.5) is 0 Å². The normalized spacial score (nSPS) is 80.7. The molecule has 0 aromatic rings. The van der Waals surface area contributed by atoms with E-state index in [4.69, 9.17) is 0 Å². The molecule has 6 atom stereocenters. The highest BCUT2D eigenvalue weighted by Gasteiger charge is 2.81. The van der Waals surface area contributed by atoms with Crippen LogP contribution >= 0.6 is 0 Å². The molecule has 0 aromatic carbocycles. The Bertz CT molecular complexity index is 218. The second-order valence-corrected chi connectivity index (χ2v) is 5.32. The Morgan fingerprint density at radius 1 is 1.20 bits per heavy atom. The van der Waals surface area contributed by atoms with Gasteiger partial charge in [0.2, 0.25) is 0 Å². The summed E-state index contributed by atoms with van der Waals surface area (Å²) in [5, 5.41) is 0. The number of hydrogen-bond acceptors (Lipinski definition) is 0. The van der Waals surface area contributed by atoms with Crippen LogP contribution in [-0.4, -0.2) is 0 Å². The van der Waals surface area contributed by atoms with Crippen LogP contribution in [0.15, 0.2) is 0 Å². The Labute approximate surface area is 62.0 Å². The van der Waals surface area contributed by atoms with E-state index in [0.29, 0.717) is 0 Å². The van der Waals surface area contributed by atoms with E-state index in [1.165, 1.54) is 29.6 Å². The fourth-order valence-corrected chi connectivity index (χ4v) is 4.61. The molecule has 54 valence electrons. The van der Waals surface area contributed by atoms with E-state index < -0.39 is 0 Å². The molecule has 0 saturated heterocycles. The lowest BCUT2D eigenvalue weighted by Gasteiger charge is -2.68. The maximum atomic E-state index is 2.54. The minimum absolute atomic E-state index is 0.909. The molecule has 4 fully saturated rings. The van der Waals surface area contributed by atoms with E-state index in [9.17, 15) is 0 Å². The maximum Gasteiger partial charge on any atom is -0.0258 e. The highest BCUT2D eigenvalue weighted by Crippen LogP contribution is 2.86. The van der Waals surface area contributed by atoms with Gasteiger partial charge in [0, 0.05) is 0 Å². The first-order valence-corrected chi connectivity index (χ1v) is 4.82. The van der Waals surface area contributed by atoms with Crippen LogP contribution in [0.2, 0.25) is 0 Å². The monoisotopic (exact) mass is 134 g/mol. The van der Waals surface area contributed by atoms with Crippen molar-refractivity contribution in [1.82, 2.24) is 0 Å². The lowest BCUT2D eigenvalue weighted by atomic mass is 9.36. The van der Waals surface area contributed by atoms with Gasteiger partial charge in [0.05, 0.1) is 0 Å². The van der Waals surface area contributed by atoms with Gasteiger partial charge in [0.1, 0.15) is 0 Å². The average Bonchev–Trinajstić information content (AvgIpc) is 2.45. The van der Waals surface area contributed by atoms with Gasteiger partial charge in [-0.1, -0.05) is 6.92 Å². The topological polar surface area (TPSA) is 0 Å². The van der Waals surface area contributed by atoms with Crippen LogP contribution in [-0.2, 0) is 0 Å². The van der Waals surface area contributed by atoms with Gasteiger partial charge in [-0.3, -0.25) is 0 Å². The Morgan fingerprint density at radius 2 is 2.00 bits per heavy atom. The zero-order chi connectivity index (χ0) is 6.51. The Morgan fingerprint density at radius 3 is 2.60 bits per heavy atom. The standard InChI is InChI=1S/C10H14/c1-10-4-7(10)8-5-2-3-6(5)9(8)10/h5-9H,2-4H2,1H3. The van der Waals surface area contributed by atoms with E-state index in [0.717, 1.165) is 5.41 Å². The molecule has 4 aliphatic rings. The van der Waals surface area contributed by atoms with E-state index in [1.54, 1.807) is 19.3 Å². The molecule has 0 heterocycles. The highest BCUT2D eigenvalue weighted by atomic mass is 14.9. The molecule has 0 N–H and O–H groups in total. The van der Waals surface area contributed by atoms with Crippen LogP contribution in [0.5, 0.6) is 0 Å². The summed E-state index contributed by atoms with van der Waals surface area (Å²) in [7, 11) is 0. The third-order valence-electron chi connectivity index (χ3n) is 5.33. The molecule has 0 heteroatoms. The molecule has 6 unspecified atom stereocenters. The molecule has 0 bridgehead atoms. The van der Waals surface area contributed by atoms with Crippen molar-refractivity contribution in [1.29, 1.82) is 0 Å². The molecule has 0 spiro atoms.